The number of para-hydroxylation sites is 1. The van der Waals surface area contributed by atoms with Gasteiger partial charge in [0, 0.05) is 6.20 Å². The van der Waals surface area contributed by atoms with Crippen LogP contribution in [0, 0.1) is 6.92 Å². The zero-order valence-corrected chi connectivity index (χ0v) is 9.18. The number of hydrogen-bond acceptors (Lipinski definition) is 3. The lowest BCUT2D eigenvalue weighted by molar-refractivity contribution is 0.0600. The minimum atomic E-state index is -0.361. The summed E-state index contributed by atoms with van der Waals surface area (Å²) in [6.07, 6.45) is 1.68. The van der Waals surface area contributed by atoms with Gasteiger partial charge in [-0.3, -0.25) is 0 Å². The van der Waals surface area contributed by atoms with E-state index in [1.165, 1.54) is 7.11 Å². The maximum absolute atomic E-state index is 11.4. The van der Waals surface area contributed by atoms with Crippen LogP contribution in [0.1, 0.15) is 16.1 Å². The minimum absolute atomic E-state index is 0.361. The first-order valence-corrected chi connectivity index (χ1v) is 4.92. The summed E-state index contributed by atoms with van der Waals surface area (Å²) >= 11 is 0. The van der Waals surface area contributed by atoms with Crippen molar-refractivity contribution in [2.24, 2.45) is 0 Å². The summed E-state index contributed by atoms with van der Waals surface area (Å²) in [5.74, 6) is -0.361. The van der Waals surface area contributed by atoms with E-state index in [-0.39, 0.29) is 5.97 Å². The summed E-state index contributed by atoms with van der Waals surface area (Å²) < 4.78 is 6.34. The second kappa shape index (κ2) is 4.18. The lowest BCUT2D eigenvalue weighted by Crippen LogP contribution is -2.01. The molecule has 0 fully saturated rings. The van der Waals surface area contributed by atoms with Crippen molar-refractivity contribution >= 4 is 5.97 Å². The molecule has 1 aromatic carbocycles. The Bertz CT molecular complexity index is 503. The zero-order valence-electron chi connectivity index (χ0n) is 9.18. The molecule has 0 aliphatic rings. The van der Waals surface area contributed by atoms with Gasteiger partial charge in [-0.2, -0.15) is 5.10 Å². The molecule has 16 heavy (non-hydrogen) atoms. The Morgan fingerprint density at radius 2 is 2.00 bits per heavy atom. The number of hydrogen-bond donors (Lipinski definition) is 0. The Labute approximate surface area is 93.5 Å². The van der Waals surface area contributed by atoms with Gasteiger partial charge in [0.15, 0.2) is 0 Å². The van der Waals surface area contributed by atoms with E-state index in [0.717, 1.165) is 5.69 Å². The van der Waals surface area contributed by atoms with Crippen molar-refractivity contribution in [1.82, 2.24) is 9.78 Å². The fourth-order valence-corrected chi connectivity index (χ4v) is 1.48. The Morgan fingerprint density at radius 3 is 2.62 bits per heavy atom. The first-order valence-electron chi connectivity index (χ1n) is 4.92. The molecule has 0 aliphatic heterocycles. The van der Waals surface area contributed by atoms with Crippen molar-refractivity contribution < 1.29 is 9.53 Å². The summed E-state index contributed by atoms with van der Waals surface area (Å²) in [6, 6.07) is 9.62. The van der Waals surface area contributed by atoms with Crippen molar-refractivity contribution in [2.45, 2.75) is 6.92 Å². The number of carbonyl (C=O) groups is 1. The highest BCUT2D eigenvalue weighted by atomic mass is 16.5. The van der Waals surface area contributed by atoms with E-state index in [0.29, 0.717) is 11.3 Å². The molecule has 0 radical (unpaired) electrons. The highest BCUT2D eigenvalue weighted by Gasteiger charge is 2.13. The highest BCUT2D eigenvalue weighted by molar-refractivity contribution is 5.90. The van der Waals surface area contributed by atoms with Crippen molar-refractivity contribution in [2.75, 3.05) is 7.11 Å². The average molecular weight is 216 g/mol. The van der Waals surface area contributed by atoms with E-state index < -0.39 is 0 Å². The highest BCUT2D eigenvalue weighted by Crippen LogP contribution is 2.12. The lowest BCUT2D eigenvalue weighted by Gasteiger charge is -1.98. The summed E-state index contributed by atoms with van der Waals surface area (Å²) in [5.41, 5.74) is 2.07. The fraction of sp³-hybridized carbons (Fsp3) is 0.167. The maximum atomic E-state index is 11.4. The number of esters is 1. The predicted molar refractivity (Wildman–Crippen MR) is 59.6 cm³/mol. The van der Waals surface area contributed by atoms with Crippen molar-refractivity contribution in [3.8, 4) is 5.69 Å². The standard InChI is InChI=1S/C12H12N2O2/c1-9-11(12(15)16-2)8-14(13-9)10-6-4-3-5-7-10/h3-8H,1-2H3. The molecule has 82 valence electrons. The monoisotopic (exact) mass is 216 g/mol. The Hall–Kier alpha value is -2.10. The van der Waals surface area contributed by atoms with Gasteiger partial charge in [0.05, 0.1) is 18.5 Å². The molecule has 0 atom stereocenters. The molecule has 0 spiro atoms. The van der Waals surface area contributed by atoms with Crippen LogP contribution in [0.4, 0.5) is 0 Å². The molecule has 0 N–H and O–H groups in total. The molecule has 2 aromatic rings. The smallest absolute Gasteiger partial charge is 0.341 e. The Kier molecular flexibility index (Phi) is 2.72. The van der Waals surface area contributed by atoms with Gasteiger partial charge in [0.25, 0.3) is 0 Å². The third-order valence-electron chi connectivity index (χ3n) is 2.32. The maximum Gasteiger partial charge on any atom is 0.341 e. The predicted octanol–water partition coefficient (Wildman–Crippen LogP) is 1.97. The molecule has 1 heterocycles. The molecule has 0 saturated heterocycles. The van der Waals surface area contributed by atoms with Gasteiger partial charge in [-0.15, -0.1) is 0 Å². The van der Waals surface area contributed by atoms with E-state index in [2.05, 4.69) is 9.84 Å². The van der Waals surface area contributed by atoms with Gasteiger partial charge in [0.1, 0.15) is 5.56 Å². The van der Waals surface area contributed by atoms with Gasteiger partial charge in [0.2, 0.25) is 0 Å². The average Bonchev–Trinajstić information content (AvgIpc) is 2.71. The van der Waals surface area contributed by atoms with Gasteiger partial charge in [-0.05, 0) is 19.1 Å². The van der Waals surface area contributed by atoms with Gasteiger partial charge >= 0.3 is 5.97 Å². The van der Waals surface area contributed by atoms with E-state index in [1.807, 2.05) is 30.3 Å². The van der Waals surface area contributed by atoms with Crippen LogP contribution in [-0.4, -0.2) is 22.9 Å². The van der Waals surface area contributed by atoms with E-state index in [1.54, 1.807) is 17.8 Å². The van der Waals surface area contributed by atoms with E-state index in [9.17, 15) is 4.79 Å². The topological polar surface area (TPSA) is 44.1 Å². The number of aromatic nitrogens is 2. The molecule has 4 nitrogen and oxygen atoms in total. The van der Waals surface area contributed by atoms with Crippen LogP contribution in [0.3, 0.4) is 0 Å². The molecular weight excluding hydrogens is 204 g/mol. The first kappa shape index (κ1) is 10.4. The SMILES string of the molecule is COC(=O)c1cn(-c2ccccc2)nc1C. The lowest BCUT2D eigenvalue weighted by atomic mass is 10.3. The first-order chi connectivity index (χ1) is 7.72. The molecule has 2 rings (SSSR count). The van der Waals surface area contributed by atoms with Crippen molar-refractivity contribution in [1.29, 1.82) is 0 Å². The van der Waals surface area contributed by atoms with Crippen LogP contribution in [0.15, 0.2) is 36.5 Å². The molecular formula is C12H12N2O2. The summed E-state index contributed by atoms with van der Waals surface area (Å²) in [4.78, 5) is 11.4. The molecule has 0 aliphatic carbocycles. The second-order valence-electron chi connectivity index (χ2n) is 3.40. The second-order valence-corrected chi connectivity index (χ2v) is 3.40. The third-order valence-corrected chi connectivity index (χ3v) is 2.32. The Balaban J connectivity index is 2.42. The molecule has 1 aromatic heterocycles. The van der Waals surface area contributed by atoms with Crippen LogP contribution in [0.25, 0.3) is 5.69 Å². The zero-order chi connectivity index (χ0) is 11.5. The summed E-state index contributed by atoms with van der Waals surface area (Å²) in [6.45, 7) is 1.78. The van der Waals surface area contributed by atoms with Gasteiger partial charge in [-0.1, -0.05) is 18.2 Å². The van der Waals surface area contributed by atoms with Crippen molar-refractivity contribution in [3.63, 3.8) is 0 Å². The quantitative estimate of drug-likeness (QED) is 0.721. The third kappa shape index (κ3) is 1.82. The van der Waals surface area contributed by atoms with Crippen LogP contribution in [0.2, 0.25) is 0 Å². The fourth-order valence-electron chi connectivity index (χ4n) is 1.48. The number of nitrogens with zero attached hydrogens (tertiary/aromatic N) is 2. The van der Waals surface area contributed by atoms with Crippen LogP contribution >= 0.6 is 0 Å². The molecule has 0 amide bonds. The summed E-state index contributed by atoms with van der Waals surface area (Å²) in [7, 11) is 1.36. The number of methoxy groups -OCH3 is 1. The molecule has 0 unspecified atom stereocenters. The minimum Gasteiger partial charge on any atom is -0.465 e. The van der Waals surface area contributed by atoms with E-state index >= 15 is 0 Å². The number of carbonyl (C=O) groups excluding carboxylic acids is 1. The molecule has 4 heteroatoms. The largest absolute Gasteiger partial charge is 0.465 e. The Morgan fingerprint density at radius 1 is 1.31 bits per heavy atom. The van der Waals surface area contributed by atoms with Crippen LogP contribution in [-0.2, 0) is 4.74 Å². The normalized spacial score (nSPS) is 10.1. The number of aryl methyl sites for hydroxylation is 1. The number of benzene rings is 1. The number of rotatable bonds is 2. The molecule has 0 saturated carbocycles. The van der Waals surface area contributed by atoms with Gasteiger partial charge < -0.3 is 4.74 Å². The molecule has 0 bridgehead atoms. The number of ether oxygens (including phenoxy) is 1. The van der Waals surface area contributed by atoms with Crippen LogP contribution < -0.4 is 0 Å². The summed E-state index contributed by atoms with van der Waals surface area (Å²) in [5, 5.41) is 4.27. The van der Waals surface area contributed by atoms with Gasteiger partial charge in [-0.25, -0.2) is 9.48 Å². The van der Waals surface area contributed by atoms with Crippen LogP contribution in [0.5, 0.6) is 0 Å². The van der Waals surface area contributed by atoms with E-state index in [4.69, 9.17) is 0 Å². The van der Waals surface area contributed by atoms with Crippen molar-refractivity contribution in [3.05, 3.63) is 47.8 Å².